The van der Waals surface area contributed by atoms with Gasteiger partial charge in [-0.3, -0.25) is 0 Å². The van der Waals surface area contributed by atoms with Gasteiger partial charge in [-0.1, -0.05) is 54.6 Å². The molecule has 5 rings (SSSR count). The summed E-state index contributed by atoms with van der Waals surface area (Å²) in [4.78, 5) is 2.45. The minimum absolute atomic E-state index is 0.314. The molecule has 0 aromatic heterocycles. The van der Waals surface area contributed by atoms with E-state index in [9.17, 15) is 5.11 Å². The first-order valence-electron chi connectivity index (χ1n) is 10.6. The fourth-order valence-corrected chi connectivity index (χ4v) is 4.02. The summed E-state index contributed by atoms with van der Waals surface area (Å²) < 4.78 is 5.93. The lowest BCUT2D eigenvalue weighted by molar-refractivity contribution is 0.304. The Kier molecular flexibility index (Phi) is 6.77. The van der Waals surface area contributed by atoms with Crippen molar-refractivity contribution in [3.05, 3.63) is 72.8 Å². The van der Waals surface area contributed by atoms with Crippen molar-refractivity contribution in [2.45, 2.75) is 12.5 Å². The predicted octanol–water partition coefficient (Wildman–Crippen LogP) is 1.99. The summed E-state index contributed by atoms with van der Waals surface area (Å²) in [6.07, 6.45) is 1.04. The van der Waals surface area contributed by atoms with Crippen LogP contribution in [0.3, 0.4) is 0 Å². The molecule has 3 aromatic rings. The topological polar surface area (TPSA) is 85.2 Å². The lowest BCUT2D eigenvalue weighted by Crippen LogP contribution is -2.51. The molecule has 0 unspecified atom stereocenters. The molecule has 0 amide bonds. The first-order valence-corrected chi connectivity index (χ1v) is 10.6. The number of para-hydroxylation sites is 1. The second-order valence-electron chi connectivity index (χ2n) is 7.67. The number of nitrogens with one attached hydrogen (secondary N) is 1. The highest BCUT2D eigenvalue weighted by Gasteiger charge is 2.27. The average molecular weight is 418 g/mol. The third-order valence-corrected chi connectivity index (χ3v) is 5.64. The number of phenols is 1. The van der Waals surface area contributed by atoms with E-state index in [2.05, 4.69) is 16.3 Å². The number of hydrogen-bond donors (Lipinski definition) is 4. The number of phenolic OH excluding ortho intramolecular Hbond substituents is 1. The number of hydrogen-bond acceptors (Lipinski definition) is 6. The van der Waals surface area contributed by atoms with Gasteiger partial charge >= 0.3 is 7.12 Å². The van der Waals surface area contributed by atoms with Crippen LogP contribution in [-0.4, -0.2) is 54.6 Å². The summed E-state index contributed by atoms with van der Waals surface area (Å²) in [5, 5.41) is 30.7. The molecule has 1 fully saturated rings. The Hall–Kier alpha value is -3.00. The molecular weight excluding hydrogens is 391 g/mol. The van der Waals surface area contributed by atoms with Crippen LogP contribution in [0.4, 0.5) is 5.69 Å². The molecule has 7 heteroatoms. The molecule has 4 N–H and O–H groups in total. The maximum absolute atomic E-state index is 10.1. The highest BCUT2D eigenvalue weighted by Crippen LogP contribution is 2.39. The Morgan fingerprint density at radius 3 is 2.48 bits per heavy atom. The van der Waals surface area contributed by atoms with Gasteiger partial charge in [0.25, 0.3) is 0 Å². The molecule has 31 heavy (non-hydrogen) atoms. The lowest BCUT2D eigenvalue weighted by Gasteiger charge is -2.36. The maximum Gasteiger partial charge on any atom is 0.488 e. The van der Waals surface area contributed by atoms with Gasteiger partial charge in [0.15, 0.2) is 0 Å². The Bertz CT molecular complexity index is 1000. The quantitative estimate of drug-likeness (QED) is 0.477. The molecule has 160 valence electrons. The number of rotatable bonds is 2. The highest BCUT2D eigenvalue weighted by molar-refractivity contribution is 6.58. The zero-order valence-electron chi connectivity index (χ0n) is 17.3. The standard InChI is InChI=1S/C18H20N2O2.C6H7BO2/c21-17-4-2-1-3-15(17)13-5-6-18-16(11-13)20-9-8-19-12-14(20)7-10-22-18;8-7(9)6-4-2-1-3-5-6/h1-6,11,14,19,21H,7-10,12H2;1-5,8-9H/t14-;/m0./s1. The second kappa shape index (κ2) is 9.87. The van der Waals surface area contributed by atoms with Crippen LogP contribution >= 0.6 is 0 Å². The normalized spacial score (nSPS) is 17.2. The van der Waals surface area contributed by atoms with Gasteiger partial charge in [-0.2, -0.15) is 0 Å². The average Bonchev–Trinajstić information content (AvgIpc) is 2.99. The van der Waals surface area contributed by atoms with Crippen LogP contribution in [0.5, 0.6) is 11.5 Å². The van der Waals surface area contributed by atoms with E-state index in [0.717, 1.165) is 55.2 Å². The minimum atomic E-state index is -1.34. The van der Waals surface area contributed by atoms with Gasteiger partial charge in [0.1, 0.15) is 11.5 Å². The Morgan fingerprint density at radius 2 is 1.74 bits per heavy atom. The van der Waals surface area contributed by atoms with E-state index in [1.807, 2.05) is 36.4 Å². The van der Waals surface area contributed by atoms with E-state index in [-0.39, 0.29) is 0 Å². The van der Waals surface area contributed by atoms with Crippen molar-refractivity contribution >= 4 is 18.3 Å². The number of aromatic hydroxyl groups is 1. The zero-order valence-corrected chi connectivity index (χ0v) is 17.3. The predicted molar refractivity (Wildman–Crippen MR) is 124 cm³/mol. The fourth-order valence-electron chi connectivity index (χ4n) is 4.02. The SMILES string of the molecule is OB(O)c1ccccc1.Oc1ccccc1-c1ccc2c(c1)N1CCNC[C@@H]1CCO2. The van der Waals surface area contributed by atoms with Gasteiger partial charge in [0, 0.05) is 37.7 Å². The summed E-state index contributed by atoms with van der Waals surface area (Å²) in [6, 6.07) is 22.8. The van der Waals surface area contributed by atoms with Crippen molar-refractivity contribution in [3.8, 4) is 22.6 Å². The van der Waals surface area contributed by atoms with Gasteiger partial charge in [-0.25, -0.2) is 0 Å². The smallest absolute Gasteiger partial charge is 0.488 e. The van der Waals surface area contributed by atoms with Gasteiger partial charge in [-0.15, -0.1) is 0 Å². The van der Waals surface area contributed by atoms with Gasteiger partial charge in [0.2, 0.25) is 0 Å². The van der Waals surface area contributed by atoms with Crippen molar-refractivity contribution in [3.63, 3.8) is 0 Å². The molecule has 0 spiro atoms. The van der Waals surface area contributed by atoms with Crippen molar-refractivity contribution < 1.29 is 19.9 Å². The molecule has 0 saturated carbocycles. The van der Waals surface area contributed by atoms with E-state index < -0.39 is 7.12 Å². The van der Waals surface area contributed by atoms with E-state index in [1.54, 1.807) is 30.3 Å². The fraction of sp³-hybridized carbons (Fsp3) is 0.250. The van der Waals surface area contributed by atoms with Crippen LogP contribution in [0.2, 0.25) is 0 Å². The number of benzene rings is 3. The molecular formula is C24H27BN2O4. The molecule has 0 bridgehead atoms. The third-order valence-electron chi connectivity index (χ3n) is 5.64. The molecule has 0 radical (unpaired) electrons. The first kappa shape index (κ1) is 21.2. The van der Waals surface area contributed by atoms with Gasteiger partial charge < -0.3 is 30.1 Å². The number of ether oxygens (including phenoxy) is 1. The van der Waals surface area contributed by atoms with E-state index >= 15 is 0 Å². The largest absolute Gasteiger partial charge is 0.507 e. The summed E-state index contributed by atoms with van der Waals surface area (Å²) in [7, 11) is -1.34. The Morgan fingerprint density at radius 1 is 0.968 bits per heavy atom. The van der Waals surface area contributed by atoms with E-state index in [1.165, 1.54) is 0 Å². The minimum Gasteiger partial charge on any atom is -0.507 e. The lowest BCUT2D eigenvalue weighted by atomic mass is 9.81. The van der Waals surface area contributed by atoms with Crippen LogP contribution < -0.4 is 20.4 Å². The molecule has 2 heterocycles. The van der Waals surface area contributed by atoms with Crippen LogP contribution in [0.15, 0.2) is 72.8 Å². The summed E-state index contributed by atoms with van der Waals surface area (Å²) in [5.74, 6) is 1.26. The van der Waals surface area contributed by atoms with Crippen LogP contribution in [0.25, 0.3) is 11.1 Å². The maximum atomic E-state index is 10.1. The Labute approximate surface area is 182 Å². The number of nitrogens with zero attached hydrogens (tertiary/aromatic N) is 1. The monoisotopic (exact) mass is 418 g/mol. The van der Waals surface area contributed by atoms with Crippen molar-refractivity contribution in [2.75, 3.05) is 31.1 Å². The van der Waals surface area contributed by atoms with E-state index in [0.29, 0.717) is 17.3 Å². The van der Waals surface area contributed by atoms with E-state index in [4.69, 9.17) is 14.8 Å². The van der Waals surface area contributed by atoms with Crippen molar-refractivity contribution in [1.82, 2.24) is 5.32 Å². The molecule has 1 atom stereocenters. The summed E-state index contributed by atoms with van der Waals surface area (Å²) in [6.45, 7) is 3.75. The zero-order chi connectivity index (χ0) is 21.6. The second-order valence-corrected chi connectivity index (χ2v) is 7.67. The van der Waals surface area contributed by atoms with Crippen LogP contribution in [0.1, 0.15) is 6.42 Å². The molecule has 1 saturated heterocycles. The number of fused-ring (bicyclic) bond motifs is 3. The number of piperazine rings is 1. The molecule has 0 aliphatic carbocycles. The third kappa shape index (κ3) is 5.02. The molecule has 2 aliphatic heterocycles. The molecule has 2 aliphatic rings. The Balaban J connectivity index is 0.000000217. The van der Waals surface area contributed by atoms with Crippen LogP contribution in [0, 0.1) is 0 Å². The highest BCUT2D eigenvalue weighted by atomic mass is 16.5. The van der Waals surface area contributed by atoms with Gasteiger partial charge in [-0.05, 0) is 29.2 Å². The first-order chi connectivity index (χ1) is 15.1. The molecule has 6 nitrogen and oxygen atoms in total. The van der Waals surface area contributed by atoms with Gasteiger partial charge in [0.05, 0.1) is 12.3 Å². The molecule has 3 aromatic carbocycles. The van der Waals surface area contributed by atoms with Crippen LogP contribution in [-0.2, 0) is 0 Å². The van der Waals surface area contributed by atoms with Crippen molar-refractivity contribution in [2.24, 2.45) is 0 Å². The number of anilines is 1. The summed E-state index contributed by atoms with van der Waals surface area (Å²) >= 11 is 0. The summed E-state index contributed by atoms with van der Waals surface area (Å²) in [5.41, 5.74) is 3.56. The van der Waals surface area contributed by atoms with Crippen molar-refractivity contribution in [1.29, 1.82) is 0 Å².